The minimum atomic E-state index is -0.237. The Morgan fingerprint density at radius 2 is 2.12 bits per heavy atom. The van der Waals surface area contributed by atoms with Gasteiger partial charge in [0.2, 0.25) is 11.8 Å². The molecule has 178 valence electrons. The van der Waals surface area contributed by atoms with Crippen molar-refractivity contribution in [1.29, 1.82) is 0 Å². The topological polar surface area (TPSA) is 121 Å². The lowest BCUT2D eigenvalue weighted by molar-refractivity contribution is -0.111. The Morgan fingerprint density at radius 3 is 2.91 bits per heavy atom. The van der Waals surface area contributed by atoms with Gasteiger partial charge >= 0.3 is 0 Å². The van der Waals surface area contributed by atoms with Crippen LogP contribution < -0.4 is 15.4 Å². The minimum Gasteiger partial charge on any atom is -0.437 e. The van der Waals surface area contributed by atoms with Crippen LogP contribution in [0.3, 0.4) is 0 Å². The Bertz CT molecular complexity index is 1180. The van der Waals surface area contributed by atoms with Crippen molar-refractivity contribution >= 4 is 28.7 Å². The van der Waals surface area contributed by atoms with Crippen LogP contribution in [0.2, 0.25) is 0 Å². The molecule has 3 heterocycles. The Labute approximate surface area is 197 Å². The summed E-state index contributed by atoms with van der Waals surface area (Å²) in [4.78, 5) is 38.6. The first-order valence-electron chi connectivity index (χ1n) is 11.2. The van der Waals surface area contributed by atoms with Crippen LogP contribution >= 0.6 is 0 Å². The number of ether oxygens (including phenoxy) is 2. The van der Waals surface area contributed by atoms with E-state index in [1.807, 2.05) is 19.9 Å². The molecule has 2 aromatic heterocycles. The summed E-state index contributed by atoms with van der Waals surface area (Å²) in [6, 6.07) is 6.99. The molecule has 3 aromatic rings. The van der Waals surface area contributed by atoms with Crippen molar-refractivity contribution in [3.63, 3.8) is 0 Å². The Morgan fingerprint density at radius 1 is 1.29 bits per heavy atom. The van der Waals surface area contributed by atoms with Crippen molar-refractivity contribution in [3.05, 3.63) is 54.4 Å². The quantitative estimate of drug-likeness (QED) is 0.438. The summed E-state index contributed by atoms with van der Waals surface area (Å²) >= 11 is 0. The number of morpholine rings is 1. The van der Waals surface area contributed by atoms with Gasteiger partial charge < -0.3 is 25.1 Å². The van der Waals surface area contributed by atoms with E-state index in [-0.39, 0.29) is 23.7 Å². The number of hydrogen-bond donors (Lipinski definition) is 3. The molecule has 0 radical (unpaired) electrons. The molecule has 1 saturated heterocycles. The highest BCUT2D eigenvalue weighted by Crippen LogP contribution is 2.24. The lowest BCUT2D eigenvalue weighted by atomic mass is 10.2. The summed E-state index contributed by atoms with van der Waals surface area (Å²) in [6.07, 6.45) is 6.42. The fourth-order valence-electron chi connectivity index (χ4n) is 3.47. The highest BCUT2D eigenvalue weighted by Gasteiger charge is 2.16. The molecule has 1 aliphatic rings. The van der Waals surface area contributed by atoms with Gasteiger partial charge in [0.25, 0.3) is 5.91 Å². The molecule has 1 aliphatic heterocycles. The zero-order valence-electron chi connectivity index (χ0n) is 19.2. The van der Waals surface area contributed by atoms with E-state index in [9.17, 15) is 9.59 Å². The number of fused-ring (bicyclic) bond motifs is 1. The van der Waals surface area contributed by atoms with E-state index >= 15 is 0 Å². The van der Waals surface area contributed by atoms with Gasteiger partial charge in [-0.05, 0) is 26.0 Å². The molecule has 10 heteroatoms. The number of H-pyrrole nitrogens is 1. The van der Waals surface area contributed by atoms with Crippen molar-refractivity contribution in [3.8, 4) is 11.6 Å². The number of benzene rings is 1. The number of aromatic amines is 1. The SMILES string of the molecule is CC(C)NC(=O)c1c[nH]c2ncc(Oc3cccc(NC(=O)/C=C/CN4CCOCC4)c3)nc12. The van der Waals surface area contributed by atoms with Crippen molar-refractivity contribution in [1.82, 2.24) is 25.2 Å². The molecule has 10 nitrogen and oxygen atoms in total. The summed E-state index contributed by atoms with van der Waals surface area (Å²) in [5.74, 6) is 0.255. The molecule has 0 bridgehead atoms. The number of nitrogens with zero attached hydrogens (tertiary/aromatic N) is 3. The second-order valence-corrected chi connectivity index (χ2v) is 8.17. The molecular weight excluding hydrogens is 436 g/mol. The maximum Gasteiger partial charge on any atom is 0.255 e. The first-order valence-corrected chi connectivity index (χ1v) is 11.2. The van der Waals surface area contributed by atoms with E-state index < -0.39 is 0 Å². The number of aromatic nitrogens is 3. The lowest BCUT2D eigenvalue weighted by Gasteiger charge is -2.25. The second-order valence-electron chi connectivity index (χ2n) is 8.17. The van der Waals surface area contributed by atoms with Crippen LogP contribution in [0.15, 0.2) is 48.8 Å². The number of nitrogens with one attached hydrogen (secondary N) is 3. The fraction of sp³-hybridized carbons (Fsp3) is 0.333. The van der Waals surface area contributed by atoms with E-state index in [4.69, 9.17) is 9.47 Å². The van der Waals surface area contributed by atoms with Crippen molar-refractivity contribution in [2.24, 2.45) is 0 Å². The van der Waals surface area contributed by atoms with Gasteiger partial charge in [0.1, 0.15) is 11.3 Å². The summed E-state index contributed by atoms with van der Waals surface area (Å²) in [6.45, 7) is 7.66. The smallest absolute Gasteiger partial charge is 0.255 e. The fourth-order valence-corrected chi connectivity index (χ4v) is 3.47. The van der Waals surface area contributed by atoms with E-state index in [1.54, 1.807) is 30.5 Å². The van der Waals surface area contributed by atoms with Crippen LogP contribution in [0, 0.1) is 0 Å². The third kappa shape index (κ3) is 6.18. The average molecular weight is 465 g/mol. The summed E-state index contributed by atoms with van der Waals surface area (Å²) < 4.78 is 11.2. The molecule has 0 aliphatic carbocycles. The average Bonchev–Trinajstić information content (AvgIpc) is 3.23. The maximum absolute atomic E-state index is 12.4. The van der Waals surface area contributed by atoms with Gasteiger partial charge in [-0.15, -0.1) is 0 Å². The first-order chi connectivity index (χ1) is 16.5. The second kappa shape index (κ2) is 10.9. The predicted octanol–water partition coefficient (Wildman–Crippen LogP) is 2.72. The van der Waals surface area contributed by atoms with Gasteiger partial charge in [-0.25, -0.2) is 9.97 Å². The zero-order chi connectivity index (χ0) is 23.9. The van der Waals surface area contributed by atoms with Crippen LogP contribution in [-0.4, -0.2) is 70.6 Å². The van der Waals surface area contributed by atoms with E-state index in [0.29, 0.717) is 34.7 Å². The third-order valence-corrected chi connectivity index (χ3v) is 5.08. The molecule has 0 spiro atoms. The van der Waals surface area contributed by atoms with Crippen LogP contribution in [0.4, 0.5) is 5.69 Å². The molecular formula is C24H28N6O4. The Kier molecular flexibility index (Phi) is 7.51. The normalized spacial score (nSPS) is 14.6. The monoisotopic (exact) mass is 464 g/mol. The standard InChI is InChI=1S/C24H28N6O4/c1-16(2)27-24(32)19-14-25-23-22(19)29-21(15-26-23)34-18-6-3-5-17(13-18)28-20(31)7-4-8-30-9-11-33-12-10-30/h3-7,13-16H,8-12H2,1-2H3,(H,25,26)(H,27,32)(H,28,31)/b7-4+. The first kappa shape index (κ1) is 23.4. The number of amides is 2. The van der Waals surface area contributed by atoms with Gasteiger partial charge in [0.05, 0.1) is 25.0 Å². The number of hydrogen-bond acceptors (Lipinski definition) is 7. The van der Waals surface area contributed by atoms with Gasteiger partial charge in [-0.3, -0.25) is 14.5 Å². The van der Waals surface area contributed by atoms with Crippen LogP contribution in [0.5, 0.6) is 11.6 Å². The number of rotatable bonds is 8. The Hall–Kier alpha value is -3.76. The Balaban J connectivity index is 1.39. The maximum atomic E-state index is 12.4. The van der Waals surface area contributed by atoms with Crippen LogP contribution in [0.25, 0.3) is 11.2 Å². The van der Waals surface area contributed by atoms with E-state index in [0.717, 1.165) is 26.3 Å². The molecule has 0 unspecified atom stereocenters. The summed E-state index contributed by atoms with van der Waals surface area (Å²) in [7, 11) is 0. The molecule has 4 rings (SSSR count). The van der Waals surface area contributed by atoms with Gasteiger partial charge in [-0.1, -0.05) is 12.1 Å². The van der Waals surface area contributed by atoms with Crippen molar-refractivity contribution in [2.45, 2.75) is 19.9 Å². The number of anilines is 1. The summed E-state index contributed by atoms with van der Waals surface area (Å²) in [5, 5.41) is 5.67. The molecule has 1 fully saturated rings. The number of carbonyl (C=O) groups is 2. The lowest BCUT2D eigenvalue weighted by Crippen LogP contribution is -2.36. The van der Waals surface area contributed by atoms with Gasteiger partial charge in [0, 0.05) is 49.7 Å². The molecule has 3 N–H and O–H groups in total. The van der Waals surface area contributed by atoms with E-state index in [1.165, 1.54) is 12.3 Å². The van der Waals surface area contributed by atoms with Crippen LogP contribution in [-0.2, 0) is 9.53 Å². The predicted molar refractivity (Wildman–Crippen MR) is 128 cm³/mol. The molecule has 1 aromatic carbocycles. The molecule has 0 atom stereocenters. The van der Waals surface area contributed by atoms with Gasteiger partial charge in [-0.2, -0.15) is 0 Å². The van der Waals surface area contributed by atoms with Gasteiger partial charge in [0.15, 0.2) is 5.65 Å². The minimum absolute atomic E-state index is 0.00277. The molecule has 2 amide bonds. The highest BCUT2D eigenvalue weighted by molar-refractivity contribution is 6.04. The van der Waals surface area contributed by atoms with E-state index in [2.05, 4.69) is 30.5 Å². The highest BCUT2D eigenvalue weighted by atomic mass is 16.5. The zero-order valence-corrected chi connectivity index (χ0v) is 19.2. The van der Waals surface area contributed by atoms with Crippen molar-refractivity contribution in [2.75, 3.05) is 38.2 Å². The largest absolute Gasteiger partial charge is 0.437 e. The number of carbonyl (C=O) groups excluding carboxylic acids is 2. The molecule has 0 saturated carbocycles. The van der Waals surface area contributed by atoms with Crippen LogP contribution in [0.1, 0.15) is 24.2 Å². The third-order valence-electron chi connectivity index (χ3n) is 5.08. The van der Waals surface area contributed by atoms with Crippen molar-refractivity contribution < 1.29 is 19.1 Å². The molecule has 34 heavy (non-hydrogen) atoms. The summed E-state index contributed by atoms with van der Waals surface area (Å²) in [5.41, 5.74) is 1.90.